The van der Waals surface area contributed by atoms with E-state index in [0.29, 0.717) is 21.7 Å². The maximum atomic E-state index is 12.4. The normalized spacial score (nSPS) is 10.7. The molecule has 134 valence electrons. The maximum absolute atomic E-state index is 12.4. The highest BCUT2D eigenvalue weighted by molar-refractivity contribution is 7.20. The highest BCUT2D eigenvalue weighted by Crippen LogP contribution is 2.26. The molecule has 1 aromatic carbocycles. The van der Waals surface area contributed by atoms with Crippen LogP contribution in [0, 0.1) is 13.8 Å². The molecule has 0 fully saturated rings. The molecule has 0 saturated heterocycles. The number of thiophene rings is 1. The van der Waals surface area contributed by atoms with Gasteiger partial charge >= 0.3 is 11.9 Å². The number of fused-ring (bicyclic) bond motifs is 1. The number of aromatic nitrogens is 1. The van der Waals surface area contributed by atoms with Crippen LogP contribution in [0.15, 0.2) is 30.3 Å². The van der Waals surface area contributed by atoms with Crippen molar-refractivity contribution in [2.75, 3.05) is 13.7 Å². The number of aryl methyl sites for hydroxylation is 1. The zero-order chi connectivity index (χ0) is 18.8. The van der Waals surface area contributed by atoms with Gasteiger partial charge in [-0.05, 0) is 36.9 Å². The molecule has 0 atom stereocenters. The van der Waals surface area contributed by atoms with Crippen LogP contribution in [0.2, 0.25) is 0 Å². The molecular weight excluding hydrogens is 354 g/mol. The number of ether oxygens (including phenoxy) is 2. The van der Waals surface area contributed by atoms with Crippen LogP contribution in [0.5, 0.6) is 0 Å². The minimum atomic E-state index is -0.548. The standard InChI is InChI=1S/C19H17NO5S/c1-10-16(19(23)24-3)11(2)20-17(10)13(21)9-25-18(22)15-8-12-6-4-5-7-14(12)26-15/h4-8,20H,9H2,1-3H3. The van der Waals surface area contributed by atoms with Gasteiger partial charge in [0.15, 0.2) is 6.61 Å². The third-order valence-corrected chi connectivity index (χ3v) is 5.16. The number of esters is 2. The fourth-order valence-corrected chi connectivity index (χ4v) is 3.75. The fraction of sp³-hybridized carbons (Fsp3) is 0.211. The summed E-state index contributed by atoms with van der Waals surface area (Å²) >= 11 is 1.31. The molecule has 0 unspecified atom stereocenters. The second-order valence-electron chi connectivity index (χ2n) is 5.76. The topological polar surface area (TPSA) is 85.5 Å². The highest BCUT2D eigenvalue weighted by atomic mass is 32.1. The summed E-state index contributed by atoms with van der Waals surface area (Å²) in [5.41, 5.74) is 1.59. The lowest BCUT2D eigenvalue weighted by atomic mass is 10.1. The molecule has 0 amide bonds. The number of carbonyl (C=O) groups excluding carboxylic acids is 3. The van der Waals surface area contributed by atoms with Gasteiger partial charge in [-0.3, -0.25) is 4.79 Å². The average Bonchev–Trinajstić information content (AvgIpc) is 3.19. The number of Topliss-reactive ketones (excluding diaryl/α,β-unsaturated/α-hetero) is 1. The average molecular weight is 371 g/mol. The van der Waals surface area contributed by atoms with E-state index in [-0.39, 0.29) is 5.69 Å². The van der Waals surface area contributed by atoms with Crippen LogP contribution in [0.25, 0.3) is 10.1 Å². The Labute approximate surface area is 153 Å². The number of methoxy groups -OCH3 is 1. The monoisotopic (exact) mass is 371 g/mol. The molecule has 3 aromatic rings. The Morgan fingerprint density at radius 3 is 2.54 bits per heavy atom. The molecule has 6 nitrogen and oxygen atoms in total. The van der Waals surface area contributed by atoms with Crippen molar-refractivity contribution in [2.24, 2.45) is 0 Å². The lowest BCUT2D eigenvalue weighted by Crippen LogP contribution is -2.15. The van der Waals surface area contributed by atoms with E-state index in [9.17, 15) is 14.4 Å². The summed E-state index contributed by atoms with van der Waals surface area (Å²) in [7, 11) is 1.28. The molecule has 0 saturated carbocycles. The number of rotatable bonds is 5. The second-order valence-corrected chi connectivity index (χ2v) is 6.85. The van der Waals surface area contributed by atoms with Gasteiger partial charge in [0.05, 0.1) is 18.4 Å². The lowest BCUT2D eigenvalue weighted by Gasteiger charge is -2.03. The van der Waals surface area contributed by atoms with Crippen LogP contribution in [0.1, 0.15) is 41.8 Å². The van der Waals surface area contributed by atoms with Crippen molar-refractivity contribution < 1.29 is 23.9 Å². The largest absolute Gasteiger partial charge is 0.465 e. The summed E-state index contributed by atoms with van der Waals surface area (Å²) in [6.07, 6.45) is 0. The molecule has 0 aliphatic heterocycles. The number of hydrogen-bond acceptors (Lipinski definition) is 6. The summed E-state index contributed by atoms with van der Waals surface area (Å²) in [5.74, 6) is -1.47. The first-order valence-electron chi connectivity index (χ1n) is 7.88. The van der Waals surface area contributed by atoms with Crippen molar-refractivity contribution in [3.63, 3.8) is 0 Å². The Morgan fingerprint density at radius 2 is 1.85 bits per heavy atom. The quantitative estimate of drug-likeness (QED) is 0.546. The van der Waals surface area contributed by atoms with E-state index in [2.05, 4.69) is 4.98 Å². The van der Waals surface area contributed by atoms with E-state index in [0.717, 1.165) is 10.1 Å². The number of ketones is 1. The first-order chi connectivity index (χ1) is 12.4. The van der Waals surface area contributed by atoms with Crippen molar-refractivity contribution in [3.8, 4) is 0 Å². The van der Waals surface area contributed by atoms with Gasteiger partial charge in [-0.2, -0.15) is 0 Å². The van der Waals surface area contributed by atoms with Gasteiger partial charge in [-0.15, -0.1) is 11.3 Å². The summed E-state index contributed by atoms with van der Waals surface area (Å²) in [6.45, 7) is 2.92. The van der Waals surface area contributed by atoms with Crippen molar-refractivity contribution in [1.82, 2.24) is 4.98 Å². The number of aromatic amines is 1. The number of benzene rings is 1. The van der Waals surface area contributed by atoms with Crippen LogP contribution in [0.3, 0.4) is 0 Å². The molecule has 1 N–H and O–H groups in total. The second kappa shape index (κ2) is 7.13. The Bertz CT molecular complexity index is 981. The highest BCUT2D eigenvalue weighted by Gasteiger charge is 2.23. The zero-order valence-electron chi connectivity index (χ0n) is 14.5. The minimum absolute atomic E-state index is 0.243. The van der Waals surface area contributed by atoms with E-state index in [1.165, 1.54) is 18.4 Å². The van der Waals surface area contributed by atoms with Crippen LogP contribution < -0.4 is 0 Å². The van der Waals surface area contributed by atoms with Crippen LogP contribution in [0.4, 0.5) is 0 Å². The molecule has 7 heteroatoms. The number of hydrogen-bond donors (Lipinski definition) is 1. The first-order valence-corrected chi connectivity index (χ1v) is 8.70. The van der Waals surface area contributed by atoms with Gasteiger partial charge in [-0.25, -0.2) is 9.59 Å². The van der Waals surface area contributed by atoms with E-state index >= 15 is 0 Å². The van der Waals surface area contributed by atoms with Gasteiger partial charge in [0.2, 0.25) is 5.78 Å². The smallest absolute Gasteiger partial charge is 0.348 e. The predicted molar refractivity (Wildman–Crippen MR) is 98.0 cm³/mol. The molecule has 0 spiro atoms. The molecule has 26 heavy (non-hydrogen) atoms. The number of H-pyrrole nitrogens is 1. The Hall–Kier alpha value is -2.93. The zero-order valence-corrected chi connectivity index (χ0v) is 15.4. The van der Waals surface area contributed by atoms with E-state index < -0.39 is 24.3 Å². The third kappa shape index (κ3) is 3.25. The predicted octanol–water partition coefficient (Wildman–Crippen LogP) is 3.67. The van der Waals surface area contributed by atoms with Crippen molar-refractivity contribution in [1.29, 1.82) is 0 Å². The molecule has 2 aromatic heterocycles. The van der Waals surface area contributed by atoms with Gasteiger partial charge in [-0.1, -0.05) is 18.2 Å². The van der Waals surface area contributed by atoms with Gasteiger partial charge in [0.25, 0.3) is 0 Å². The summed E-state index contributed by atoms with van der Waals surface area (Å²) in [4.78, 5) is 39.7. The molecule has 0 bridgehead atoms. The maximum Gasteiger partial charge on any atom is 0.348 e. The first kappa shape index (κ1) is 17.9. The molecule has 0 radical (unpaired) electrons. The van der Waals surface area contributed by atoms with Gasteiger partial charge in [0.1, 0.15) is 4.88 Å². The van der Waals surface area contributed by atoms with Crippen molar-refractivity contribution in [2.45, 2.75) is 13.8 Å². The number of carbonyl (C=O) groups is 3. The Balaban J connectivity index is 1.72. The summed E-state index contributed by atoms with van der Waals surface area (Å²) < 4.78 is 10.8. The van der Waals surface area contributed by atoms with Crippen molar-refractivity contribution in [3.05, 3.63) is 57.7 Å². The lowest BCUT2D eigenvalue weighted by molar-refractivity contribution is 0.0478. The summed E-state index contributed by atoms with van der Waals surface area (Å²) in [6, 6.07) is 9.36. The van der Waals surface area contributed by atoms with E-state index in [1.807, 2.05) is 24.3 Å². The minimum Gasteiger partial charge on any atom is -0.465 e. The molecule has 2 heterocycles. The van der Waals surface area contributed by atoms with Crippen LogP contribution in [-0.4, -0.2) is 36.4 Å². The van der Waals surface area contributed by atoms with E-state index in [4.69, 9.17) is 9.47 Å². The van der Waals surface area contributed by atoms with Crippen molar-refractivity contribution >= 4 is 39.1 Å². The molecule has 0 aliphatic rings. The van der Waals surface area contributed by atoms with Crippen LogP contribution >= 0.6 is 11.3 Å². The summed E-state index contributed by atoms with van der Waals surface area (Å²) in [5, 5.41) is 0.953. The van der Waals surface area contributed by atoms with E-state index in [1.54, 1.807) is 19.9 Å². The Morgan fingerprint density at radius 1 is 1.12 bits per heavy atom. The SMILES string of the molecule is COC(=O)c1c(C)[nH]c(C(=O)COC(=O)c2cc3ccccc3s2)c1C. The molecule has 3 rings (SSSR count). The third-order valence-electron chi connectivity index (χ3n) is 4.07. The number of nitrogens with one attached hydrogen (secondary N) is 1. The van der Waals surface area contributed by atoms with Gasteiger partial charge < -0.3 is 14.5 Å². The van der Waals surface area contributed by atoms with Crippen LogP contribution in [-0.2, 0) is 9.47 Å². The van der Waals surface area contributed by atoms with Gasteiger partial charge in [0, 0.05) is 10.4 Å². The fourth-order valence-electron chi connectivity index (χ4n) is 2.79. The molecular formula is C19H17NO5S. The Kier molecular flexibility index (Phi) is 4.90. The molecule has 0 aliphatic carbocycles.